The van der Waals surface area contributed by atoms with E-state index in [1.54, 1.807) is 12.1 Å². The van der Waals surface area contributed by atoms with Crippen LogP contribution in [0.4, 0.5) is 0 Å². The summed E-state index contributed by atoms with van der Waals surface area (Å²) in [4.78, 5) is 0. The third-order valence-electron chi connectivity index (χ3n) is 3.08. The molecule has 0 saturated carbocycles. The highest BCUT2D eigenvalue weighted by molar-refractivity contribution is 5.39. The Morgan fingerprint density at radius 1 is 1.19 bits per heavy atom. The van der Waals surface area contributed by atoms with Crippen molar-refractivity contribution in [3.05, 3.63) is 41.7 Å². The Hall–Kier alpha value is -1.77. The summed E-state index contributed by atoms with van der Waals surface area (Å²) in [6.07, 6.45) is 6.81. The van der Waals surface area contributed by atoms with Crippen molar-refractivity contribution in [2.75, 3.05) is 0 Å². The minimum absolute atomic E-state index is 0.283. The van der Waals surface area contributed by atoms with E-state index >= 15 is 0 Å². The summed E-state index contributed by atoms with van der Waals surface area (Å²) in [6, 6.07) is 7.20. The third kappa shape index (κ3) is 1.58. The van der Waals surface area contributed by atoms with Gasteiger partial charge in [0.05, 0.1) is 11.4 Å². The van der Waals surface area contributed by atoms with Gasteiger partial charge >= 0.3 is 0 Å². The van der Waals surface area contributed by atoms with Crippen molar-refractivity contribution in [1.82, 2.24) is 9.78 Å². The summed E-state index contributed by atoms with van der Waals surface area (Å²) >= 11 is 0. The van der Waals surface area contributed by atoms with E-state index in [1.807, 2.05) is 16.8 Å². The number of phenols is 1. The molecular weight excluding hydrogens is 200 g/mol. The van der Waals surface area contributed by atoms with Crippen LogP contribution >= 0.6 is 0 Å². The molecule has 3 heteroatoms. The number of hydrogen-bond acceptors (Lipinski definition) is 2. The lowest BCUT2D eigenvalue weighted by molar-refractivity contribution is 0.475. The molecule has 16 heavy (non-hydrogen) atoms. The van der Waals surface area contributed by atoms with E-state index in [2.05, 4.69) is 11.3 Å². The number of fused-ring (bicyclic) bond motifs is 1. The highest BCUT2D eigenvalue weighted by atomic mass is 16.3. The van der Waals surface area contributed by atoms with Gasteiger partial charge in [-0.25, -0.2) is 4.68 Å². The Balaban J connectivity index is 2.03. The zero-order chi connectivity index (χ0) is 11.0. The van der Waals surface area contributed by atoms with E-state index in [1.165, 1.54) is 24.1 Å². The first-order chi connectivity index (χ1) is 7.83. The summed E-state index contributed by atoms with van der Waals surface area (Å²) in [7, 11) is 0. The van der Waals surface area contributed by atoms with Crippen molar-refractivity contribution in [3.63, 3.8) is 0 Å². The van der Waals surface area contributed by atoms with Crippen LogP contribution in [0.5, 0.6) is 5.75 Å². The van der Waals surface area contributed by atoms with Crippen LogP contribution in [0.2, 0.25) is 0 Å². The number of aryl methyl sites for hydroxylation is 2. The Morgan fingerprint density at radius 2 is 2.06 bits per heavy atom. The summed E-state index contributed by atoms with van der Waals surface area (Å²) in [5.74, 6) is 0.283. The molecule has 0 atom stereocenters. The molecule has 2 aromatic rings. The van der Waals surface area contributed by atoms with Gasteiger partial charge in [-0.05, 0) is 43.4 Å². The van der Waals surface area contributed by atoms with Crippen molar-refractivity contribution in [2.45, 2.75) is 25.7 Å². The molecule has 3 nitrogen and oxygen atoms in total. The topological polar surface area (TPSA) is 38.0 Å². The largest absolute Gasteiger partial charge is 0.508 e. The third-order valence-corrected chi connectivity index (χ3v) is 3.08. The number of phenolic OH excluding ortho intramolecular Hbond substituents is 1. The minimum Gasteiger partial charge on any atom is -0.508 e. The molecule has 1 heterocycles. The standard InChI is InChI=1S/C13H14N2O/c16-12-6-3-5-11(8-12)15-9-10-4-1-2-7-13(10)14-15/h3,5-6,8-9,16H,1-2,4,7H2. The monoisotopic (exact) mass is 214 g/mol. The SMILES string of the molecule is Oc1cccc(-n2cc3c(n2)CCCC3)c1. The van der Waals surface area contributed by atoms with Crippen LogP contribution in [0.15, 0.2) is 30.5 Å². The number of rotatable bonds is 1. The van der Waals surface area contributed by atoms with Crippen LogP contribution in [-0.4, -0.2) is 14.9 Å². The maximum Gasteiger partial charge on any atom is 0.117 e. The molecule has 1 aromatic carbocycles. The van der Waals surface area contributed by atoms with Crippen LogP contribution in [-0.2, 0) is 12.8 Å². The molecule has 0 saturated heterocycles. The molecule has 0 spiro atoms. The smallest absolute Gasteiger partial charge is 0.117 e. The van der Waals surface area contributed by atoms with E-state index in [9.17, 15) is 5.11 Å². The maximum atomic E-state index is 9.44. The van der Waals surface area contributed by atoms with Crippen molar-refractivity contribution < 1.29 is 5.11 Å². The van der Waals surface area contributed by atoms with Gasteiger partial charge in [-0.3, -0.25) is 0 Å². The average molecular weight is 214 g/mol. The van der Waals surface area contributed by atoms with E-state index < -0.39 is 0 Å². The van der Waals surface area contributed by atoms with E-state index in [0.29, 0.717) is 0 Å². The first kappa shape index (κ1) is 9.46. The fourth-order valence-corrected chi connectivity index (χ4v) is 2.24. The molecule has 3 rings (SSSR count). The molecular formula is C13H14N2O. The predicted molar refractivity (Wildman–Crippen MR) is 61.9 cm³/mol. The Kier molecular flexibility index (Phi) is 2.17. The molecule has 0 aliphatic heterocycles. The van der Waals surface area contributed by atoms with Gasteiger partial charge in [-0.2, -0.15) is 5.10 Å². The second-order valence-corrected chi connectivity index (χ2v) is 4.27. The highest BCUT2D eigenvalue weighted by Gasteiger charge is 2.13. The fraction of sp³-hybridized carbons (Fsp3) is 0.308. The lowest BCUT2D eigenvalue weighted by atomic mass is 9.99. The zero-order valence-corrected chi connectivity index (χ0v) is 9.06. The van der Waals surface area contributed by atoms with Gasteiger partial charge in [-0.15, -0.1) is 0 Å². The molecule has 1 N–H and O–H groups in total. The van der Waals surface area contributed by atoms with E-state index in [-0.39, 0.29) is 5.75 Å². The van der Waals surface area contributed by atoms with Crippen molar-refractivity contribution in [3.8, 4) is 11.4 Å². The molecule has 0 bridgehead atoms. The van der Waals surface area contributed by atoms with Gasteiger partial charge in [-0.1, -0.05) is 6.07 Å². The number of nitrogens with zero attached hydrogens (tertiary/aromatic N) is 2. The first-order valence-corrected chi connectivity index (χ1v) is 5.70. The number of aromatic nitrogens is 2. The van der Waals surface area contributed by atoms with Crippen LogP contribution < -0.4 is 0 Å². The molecule has 1 aromatic heterocycles. The Bertz CT molecular complexity index is 493. The molecule has 0 amide bonds. The fourth-order valence-electron chi connectivity index (χ4n) is 2.24. The number of aromatic hydroxyl groups is 1. The van der Waals surface area contributed by atoms with Gasteiger partial charge in [0, 0.05) is 12.3 Å². The lowest BCUT2D eigenvalue weighted by Crippen LogP contribution is -2.00. The predicted octanol–water partition coefficient (Wildman–Crippen LogP) is 2.46. The molecule has 0 unspecified atom stereocenters. The molecule has 1 aliphatic rings. The van der Waals surface area contributed by atoms with Crippen LogP contribution in [0, 0.1) is 0 Å². The van der Waals surface area contributed by atoms with Gasteiger partial charge in [0.1, 0.15) is 5.75 Å². The summed E-state index contributed by atoms with van der Waals surface area (Å²) in [5.41, 5.74) is 3.50. The average Bonchev–Trinajstić information content (AvgIpc) is 2.72. The van der Waals surface area contributed by atoms with Gasteiger partial charge < -0.3 is 5.11 Å². The quantitative estimate of drug-likeness (QED) is 0.791. The Morgan fingerprint density at radius 3 is 2.88 bits per heavy atom. The van der Waals surface area contributed by atoms with Crippen LogP contribution in [0.3, 0.4) is 0 Å². The summed E-state index contributed by atoms with van der Waals surface area (Å²) < 4.78 is 1.87. The molecule has 0 radical (unpaired) electrons. The van der Waals surface area contributed by atoms with Crippen molar-refractivity contribution >= 4 is 0 Å². The summed E-state index contributed by atoms with van der Waals surface area (Å²) in [5, 5.41) is 14.0. The minimum atomic E-state index is 0.283. The van der Waals surface area contributed by atoms with Crippen LogP contribution in [0.25, 0.3) is 5.69 Å². The Labute approximate surface area is 94.3 Å². The molecule has 1 aliphatic carbocycles. The second kappa shape index (κ2) is 3.67. The first-order valence-electron chi connectivity index (χ1n) is 5.70. The van der Waals surface area contributed by atoms with Crippen molar-refractivity contribution in [1.29, 1.82) is 0 Å². The highest BCUT2D eigenvalue weighted by Crippen LogP contribution is 2.22. The van der Waals surface area contributed by atoms with Crippen LogP contribution in [0.1, 0.15) is 24.1 Å². The molecule has 0 fully saturated rings. The molecule has 82 valence electrons. The number of hydrogen-bond donors (Lipinski definition) is 1. The summed E-state index contributed by atoms with van der Waals surface area (Å²) in [6.45, 7) is 0. The van der Waals surface area contributed by atoms with E-state index in [0.717, 1.165) is 18.5 Å². The zero-order valence-electron chi connectivity index (χ0n) is 9.06. The van der Waals surface area contributed by atoms with Gasteiger partial charge in [0.25, 0.3) is 0 Å². The lowest BCUT2D eigenvalue weighted by Gasteiger charge is -2.06. The van der Waals surface area contributed by atoms with Crippen molar-refractivity contribution in [2.24, 2.45) is 0 Å². The normalized spacial score (nSPS) is 14.8. The second-order valence-electron chi connectivity index (χ2n) is 4.27. The number of benzene rings is 1. The maximum absolute atomic E-state index is 9.44. The van der Waals surface area contributed by atoms with E-state index in [4.69, 9.17) is 0 Å². The van der Waals surface area contributed by atoms with Gasteiger partial charge in [0.2, 0.25) is 0 Å². The van der Waals surface area contributed by atoms with Gasteiger partial charge in [0.15, 0.2) is 0 Å².